The number of carbonyl (C=O) groups is 2. The van der Waals surface area contributed by atoms with E-state index >= 15 is 0 Å². The molecule has 2 rings (SSSR count). The van der Waals surface area contributed by atoms with Gasteiger partial charge in [-0.2, -0.15) is 5.10 Å². The van der Waals surface area contributed by atoms with E-state index in [4.69, 9.17) is 0 Å². The van der Waals surface area contributed by atoms with Crippen molar-refractivity contribution >= 4 is 11.8 Å². The number of nitrogens with zero attached hydrogens (tertiary/aromatic N) is 2. The van der Waals surface area contributed by atoms with Gasteiger partial charge in [0.25, 0.3) is 5.91 Å². The summed E-state index contributed by atoms with van der Waals surface area (Å²) in [7, 11) is 1.65. The van der Waals surface area contributed by atoms with Crippen molar-refractivity contribution in [3.05, 3.63) is 17.5 Å². The van der Waals surface area contributed by atoms with Crippen molar-refractivity contribution in [2.45, 2.75) is 19.8 Å². The molecule has 0 saturated carbocycles. The van der Waals surface area contributed by atoms with Crippen LogP contribution in [0.3, 0.4) is 0 Å². The summed E-state index contributed by atoms with van der Waals surface area (Å²) in [4.78, 5) is 25.5. The van der Waals surface area contributed by atoms with Crippen LogP contribution in [0.2, 0.25) is 0 Å². The molecule has 0 unspecified atom stereocenters. The summed E-state index contributed by atoms with van der Waals surface area (Å²) >= 11 is 0. The molecule has 1 aliphatic heterocycles. The summed E-state index contributed by atoms with van der Waals surface area (Å²) in [5.41, 5.74) is 1.40. The van der Waals surface area contributed by atoms with Crippen molar-refractivity contribution < 1.29 is 9.59 Å². The topological polar surface area (TPSA) is 78.1 Å². The number of carbonyl (C=O) groups excluding carboxylic acids is 2. The molecule has 1 aromatic rings. The molecule has 1 saturated heterocycles. The number of hydrogen-bond acceptors (Lipinski definition) is 3. The van der Waals surface area contributed by atoms with Crippen molar-refractivity contribution in [2.75, 3.05) is 20.1 Å². The van der Waals surface area contributed by atoms with Gasteiger partial charge in [-0.1, -0.05) is 0 Å². The van der Waals surface area contributed by atoms with E-state index in [1.54, 1.807) is 18.1 Å². The molecule has 18 heavy (non-hydrogen) atoms. The second-order valence-electron chi connectivity index (χ2n) is 4.59. The largest absolute Gasteiger partial charge is 0.359 e. The van der Waals surface area contributed by atoms with E-state index in [-0.39, 0.29) is 17.7 Å². The van der Waals surface area contributed by atoms with Gasteiger partial charge in [-0.15, -0.1) is 0 Å². The number of hydrogen-bond donors (Lipinski definition) is 2. The first-order valence-corrected chi connectivity index (χ1v) is 6.14. The molecule has 6 heteroatoms. The average Bonchev–Trinajstić information content (AvgIpc) is 2.83. The van der Waals surface area contributed by atoms with Gasteiger partial charge in [0, 0.05) is 31.7 Å². The van der Waals surface area contributed by atoms with Gasteiger partial charge in [0.2, 0.25) is 5.91 Å². The number of likely N-dealkylation sites (tertiary alicyclic amines) is 1. The van der Waals surface area contributed by atoms with Gasteiger partial charge < -0.3 is 10.2 Å². The number of H-pyrrole nitrogens is 1. The minimum absolute atomic E-state index is 0.00314. The molecule has 1 aliphatic rings. The molecule has 2 heterocycles. The molecule has 0 atom stereocenters. The van der Waals surface area contributed by atoms with Crippen LogP contribution in [0.5, 0.6) is 0 Å². The van der Waals surface area contributed by atoms with E-state index in [9.17, 15) is 9.59 Å². The smallest absolute Gasteiger partial charge is 0.257 e. The zero-order valence-electron chi connectivity index (χ0n) is 10.7. The molecule has 6 nitrogen and oxygen atoms in total. The lowest BCUT2D eigenvalue weighted by atomic mass is 9.95. The van der Waals surface area contributed by atoms with Crippen LogP contribution in [0.15, 0.2) is 6.20 Å². The number of aryl methyl sites for hydroxylation is 1. The normalized spacial score (nSPS) is 16.7. The highest BCUT2D eigenvalue weighted by molar-refractivity contribution is 5.95. The van der Waals surface area contributed by atoms with Crippen molar-refractivity contribution in [3.8, 4) is 0 Å². The Morgan fingerprint density at radius 3 is 2.61 bits per heavy atom. The van der Waals surface area contributed by atoms with Crippen LogP contribution in [-0.2, 0) is 4.79 Å². The molecule has 2 amide bonds. The minimum atomic E-state index is -0.00314. The molecule has 1 aromatic heterocycles. The van der Waals surface area contributed by atoms with Gasteiger partial charge in [0.05, 0.1) is 11.8 Å². The lowest BCUT2D eigenvalue weighted by Crippen LogP contribution is -2.42. The zero-order valence-corrected chi connectivity index (χ0v) is 10.7. The number of rotatable bonds is 2. The SMILES string of the molecule is CNC(=O)C1CCN(C(=O)c2cn[nH]c2C)CC1. The second-order valence-corrected chi connectivity index (χ2v) is 4.59. The fraction of sp³-hybridized carbons (Fsp3) is 0.583. The fourth-order valence-corrected chi connectivity index (χ4v) is 2.29. The Morgan fingerprint density at radius 1 is 1.44 bits per heavy atom. The molecule has 0 radical (unpaired) electrons. The first-order chi connectivity index (χ1) is 8.63. The van der Waals surface area contributed by atoms with Crippen LogP contribution in [0.4, 0.5) is 0 Å². The predicted octanol–water partition coefficient (Wildman–Crippen LogP) is 0.316. The minimum Gasteiger partial charge on any atom is -0.359 e. The molecular weight excluding hydrogens is 232 g/mol. The predicted molar refractivity (Wildman–Crippen MR) is 66.0 cm³/mol. The van der Waals surface area contributed by atoms with Crippen LogP contribution in [0.25, 0.3) is 0 Å². The van der Waals surface area contributed by atoms with Gasteiger partial charge >= 0.3 is 0 Å². The van der Waals surface area contributed by atoms with E-state index in [2.05, 4.69) is 15.5 Å². The molecule has 0 bridgehead atoms. The Hall–Kier alpha value is -1.85. The lowest BCUT2D eigenvalue weighted by molar-refractivity contribution is -0.125. The van der Waals surface area contributed by atoms with E-state index in [1.807, 2.05) is 6.92 Å². The fourth-order valence-electron chi connectivity index (χ4n) is 2.29. The summed E-state index contributed by atoms with van der Waals surface area (Å²) in [6.45, 7) is 3.08. The monoisotopic (exact) mass is 250 g/mol. The Labute approximate surface area is 106 Å². The molecule has 0 spiro atoms. The number of aromatic amines is 1. The Morgan fingerprint density at radius 2 is 2.11 bits per heavy atom. The van der Waals surface area contributed by atoms with Gasteiger partial charge in [0.1, 0.15) is 0 Å². The van der Waals surface area contributed by atoms with Crippen LogP contribution >= 0.6 is 0 Å². The first kappa shape index (κ1) is 12.6. The van der Waals surface area contributed by atoms with Crippen molar-refractivity contribution in [1.82, 2.24) is 20.4 Å². The van der Waals surface area contributed by atoms with Crippen LogP contribution in [0, 0.1) is 12.8 Å². The van der Waals surface area contributed by atoms with Gasteiger partial charge in [-0.05, 0) is 19.8 Å². The third kappa shape index (κ3) is 2.37. The van der Waals surface area contributed by atoms with Gasteiger partial charge in [0.15, 0.2) is 0 Å². The van der Waals surface area contributed by atoms with E-state index in [1.165, 1.54) is 0 Å². The molecule has 0 aromatic carbocycles. The summed E-state index contributed by atoms with van der Waals surface area (Å²) in [5, 5.41) is 9.28. The Balaban J connectivity index is 1.96. The number of aromatic nitrogens is 2. The number of piperidine rings is 1. The summed E-state index contributed by atoms with van der Waals surface area (Å²) in [5.74, 6) is 0.0997. The van der Waals surface area contributed by atoms with E-state index in [0.29, 0.717) is 18.7 Å². The standard InChI is InChI=1S/C12H18N4O2/c1-8-10(7-14-15-8)12(18)16-5-3-9(4-6-16)11(17)13-2/h7,9H,3-6H2,1-2H3,(H,13,17)(H,14,15). The van der Waals surface area contributed by atoms with Gasteiger partial charge in [-0.3, -0.25) is 14.7 Å². The number of nitrogens with one attached hydrogen (secondary N) is 2. The maximum atomic E-state index is 12.2. The highest BCUT2D eigenvalue weighted by atomic mass is 16.2. The molecule has 0 aliphatic carbocycles. The third-order valence-electron chi connectivity index (χ3n) is 3.46. The summed E-state index contributed by atoms with van der Waals surface area (Å²) in [6, 6.07) is 0. The molecular formula is C12H18N4O2. The van der Waals surface area contributed by atoms with Gasteiger partial charge in [-0.25, -0.2) is 0 Å². The van der Waals surface area contributed by atoms with Crippen LogP contribution in [0.1, 0.15) is 28.9 Å². The van der Waals surface area contributed by atoms with Crippen molar-refractivity contribution in [3.63, 3.8) is 0 Å². The van der Waals surface area contributed by atoms with Crippen molar-refractivity contribution in [2.24, 2.45) is 5.92 Å². The van der Waals surface area contributed by atoms with Crippen LogP contribution < -0.4 is 5.32 Å². The summed E-state index contributed by atoms with van der Waals surface area (Å²) in [6.07, 6.45) is 3.01. The van der Waals surface area contributed by atoms with Crippen molar-refractivity contribution in [1.29, 1.82) is 0 Å². The lowest BCUT2D eigenvalue weighted by Gasteiger charge is -2.31. The quantitative estimate of drug-likeness (QED) is 0.793. The Bertz CT molecular complexity index is 447. The maximum Gasteiger partial charge on any atom is 0.257 e. The second kappa shape index (κ2) is 5.20. The maximum absolute atomic E-state index is 12.2. The number of amides is 2. The van der Waals surface area contributed by atoms with Crippen LogP contribution in [-0.4, -0.2) is 47.0 Å². The molecule has 98 valence electrons. The van der Waals surface area contributed by atoms with E-state index < -0.39 is 0 Å². The highest BCUT2D eigenvalue weighted by Gasteiger charge is 2.28. The molecule has 1 fully saturated rings. The highest BCUT2D eigenvalue weighted by Crippen LogP contribution is 2.19. The third-order valence-corrected chi connectivity index (χ3v) is 3.46. The average molecular weight is 250 g/mol. The Kier molecular flexibility index (Phi) is 3.64. The summed E-state index contributed by atoms with van der Waals surface area (Å²) < 4.78 is 0. The van der Waals surface area contributed by atoms with E-state index in [0.717, 1.165) is 18.5 Å². The molecule has 2 N–H and O–H groups in total. The first-order valence-electron chi connectivity index (χ1n) is 6.14. The zero-order chi connectivity index (χ0) is 13.1.